The van der Waals surface area contributed by atoms with E-state index in [0.717, 1.165) is 29.6 Å². The third kappa shape index (κ3) is 4.48. The fourth-order valence-corrected chi connectivity index (χ4v) is 12.4. The maximum Gasteiger partial charge on any atom is 0.0135 e. The predicted molar refractivity (Wildman–Crippen MR) is 223 cm³/mol. The molecule has 53 heavy (non-hydrogen) atoms. The van der Waals surface area contributed by atoms with Crippen LogP contribution in [0.3, 0.4) is 0 Å². The topological polar surface area (TPSA) is 0 Å². The minimum Gasteiger partial charge on any atom is -0.0622 e. The Kier molecular flexibility index (Phi) is 6.53. The van der Waals surface area contributed by atoms with Crippen molar-refractivity contribution in [2.45, 2.75) is 38.0 Å². The molecule has 8 aromatic rings. The van der Waals surface area contributed by atoms with E-state index >= 15 is 0 Å². The Morgan fingerprint density at radius 1 is 0.340 bits per heavy atom. The SMILES string of the molecule is c1ccc(-c2ccc(-c3c4ccccc4c(-c4ccc5c(c4)-c4c(ccc6ccccc46)C5C4C5CC6CC(C5)CC4C6)c4ccccc34)cc2)cc1. The number of fused-ring (bicyclic) bond motifs is 7. The van der Waals surface area contributed by atoms with Crippen LogP contribution in [0.2, 0.25) is 0 Å². The van der Waals surface area contributed by atoms with Gasteiger partial charge in [0.1, 0.15) is 0 Å². The van der Waals surface area contributed by atoms with E-state index in [4.69, 9.17) is 0 Å². The second-order valence-electron chi connectivity index (χ2n) is 16.8. The van der Waals surface area contributed by atoms with Crippen LogP contribution in [-0.4, -0.2) is 0 Å². The molecule has 0 N–H and O–H groups in total. The zero-order valence-electron chi connectivity index (χ0n) is 30.0. The first-order valence-electron chi connectivity index (χ1n) is 20.0. The highest BCUT2D eigenvalue weighted by molar-refractivity contribution is 6.21. The standard InChI is InChI=1S/C53H42/c1-2-10-34(11-3-1)35-18-20-37(21-19-35)50-42-14-6-8-16-44(42)51(45-17-9-7-15-43(45)50)38-23-24-46-48(31-38)52-41-13-5-4-12-36(41)22-25-47(52)53(46)49-39-27-32-26-33(29-39)30-40(49)28-32/h1-25,31-33,39-40,49,53H,26-30H2. The highest BCUT2D eigenvalue weighted by Gasteiger charge is 2.52. The van der Waals surface area contributed by atoms with Gasteiger partial charge in [-0.3, -0.25) is 0 Å². The minimum atomic E-state index is 0.503. The molecule has 0 heterocycles. The lowest BCUT2D eigenvalue weighted by Crippen LogP contribution is -2.47. The van der Waals surface area contributed by atoms with Gasteiger partial charge >= 0.3 is 0 Å². The summed E-state index contributed by atoms with van der Waals surface area (Å²) in [5, 5.41) is 8.03. The smallest absolute Gasteiger partial charge is 0.0135 e. The molecular formula is C53H42. The summed E-state index contributed by atoms with van der Waals surface area (Å²) in [7, 11) is 0. The Bertz CT molecular complexity index is 2650. The normalized spacial score (nSPS) is 23.8. The first kappa shape index (κ1) is 30.0. The first-order valence-corrected chi connectivity index (χ1v) is 20.0. The summed E-state index contributed by atoms with van der Waals surface area (Å²) in [6, 6.07) is 59.9. The van der Waals surface area contributed by atoms with Crippen molar-refractivity contribution >= 4 is 32.3 Å². The van der Waals surface area contributed by atoms with Crippen molar-refractivity contribution < 1.29 is 0 Å². The van der Waals surface area contributed by atoms with Crippen LogP contribution in [0.15, 0.2) is 158 Å². The van der Waals surface area contributed by atoms with Crippen molar-refractivity contribution in [3.8, 4) is 44.5 Å². The zero-order valence-corrected chi connectivity index (χ0v) is 30.0. The minimum absolute atomic E-state index is 0.503. The van der Waals surface area contributed by atoms with Crippen LogP contribution in [0.4, 0.5) is 0 Å². The summed E-state index contributed by atoms with van der Waals surface area (Å²) >= 11 is 0. The molecule has 8 aromatic carbocycles. The van der Waals surface area contributed by atoms with E-state index in [1.54, 1.807) is 11.1 Å². The van der Waals surface area contributed by atoms with Gasteiger partial charge in [-0.2, -0.15) is 0 Å². The molecule has 0 radical (unpaired) electrons. The maximum absolute atomic E-state index is 2.60. The zero-order chi connectivity index (χ0) is 34.6. The van der Waals surface area contributed by atoms with Gasteiger partial charge in [-0.15, -0.1) is 0 Å². The Morgan fingerprint density at radius 3 is 1.47 bits per heavy atom. The van der Waals surface area contributed by atoms with Gasteiger partial charge in [0, 0.05) is 5.92 Å². The molecule has 0 amide bonds. The third-order valence-corrected chi connectivity index (χ3v) is 14.1. The molecule has 1 unspecified atom stereocenters. The van der Waals surface area contributed by atoms with E-state index in [2.05, 4.69) is 158 Å². The molecule has 4 bridgehead atoms. The Hall–Kier alpha value is -5.46. The highest BCUT2D eigenvalue weighted by atomic mass is 14.6. The van der Waals surface area contributed by atoms with E-state index in [1.165, 1.54) is 109 Å². The molecule has 5 aliphatic rings. The quantitative estimate of drug-likeness (QED) is 0.163. The van der Waals surface area contributed by atoms with Crippen molar-refractivity contribution in [2.75, 3.05) is 0 Å². The summed E-state index contributed by atoms with van der Waals surface area (Å²) < 4.78 is 0. The molecule has 5 aliphatic carbocycles. The van der Waals surface area contributed by atoms with Crippen LogP contribution in [0, 0.1) is 29.6 Å². The van der Waals surface area contributed by atoms with Crippen LogP contribution < -0.4 is 0 Å². The molecule has 4 saturated carbocycles. The Balaban J connectivity index is 1.07. The molecule has 0 spiro atoms. The maximum atomic E-state index is 2.60. The number of rotatable bonds is 4. The first-order chi connectivity index (χ1) is 26.3. The molecule has 0 aromatic heterocycles. The second-order valence-corrected chi connectivity index (χ2v) is 16.8. The van der Waals surface area contributed by atoms with Gasteiger partial charge < -0.3 is 0 Å². The van der Waals surface area contributed by atoms with Gasteiger partial charge in [-0.25, -0.2) is 0 Å². The third-order valence-electron chi connectivity index (χ3n) is 14.1. The molecule has 0 saturated heterocycles. The van der Waals surface area contributed by atoms with Crippen molar-refractivity contribution in [1.82, 2.24) is 0 Å². The molecule has 13 rings (SSSR count). The summed E-state index contributed by atoms with van der Waals surface area (Å²) in [5.74, 6) is 5.00. The average Bonchev–Trinajstić information content (AvgIpc) is 3.53. The van der Waals surface area contributed by atoms with Gasteiger partial charge in [-0.1, -0.05) is 152 Å². The van der Waals surface area contributed by atoms with Crippen LogP contribution in [0.5, 0.6) is 0 Å². The summed E-state index contributed by atoms with van der Waals surface area (Å²) in [5.41, 5.74) is 13.9. The average molecular weight is 679 g/mol. The fourth-order valence-electron chi connectivity index (χ4n) is 12.4. The van der Waals surface area contributed by atoms with E-state index in [9.17, 15) is 0 Å². The van der Waals surface area contributed by atoms with E-state index < -0.39 is 0 Å². The van der Waals surface area contributed by atoms with Crippen LogP contribution in [0.25, 0.3) is 76.8 Å². The van der Waals surface area contributed by atoms with Crippen LogP contribution in [0.1, 0.15) is 49.1 Å². The van der Waals surface area contributed by atoms with E-state index in [0.29, 0.717) is 5.92 Å². The van der Waals surface area contributed by atoms with E-state index in [1.807, 2.05) is 0 Å². The molecule has 254 valence electrons. The number of hydrogen-bond acceptors (Lipinski definition) is 0. The van der Waals surface area contributed by atoms with Crippen LogP contribution >= 0.6 is 0 Å². The fraction of sp³-hybridized carbons (Fsp3) is 0.208. The summed E-state index contributed by atoms with van der Waals surface area (Å²) in [6.45, 7) is 0. The molecule has 0 heteroatoms. The Labute approximate surface area is 312 Å². The number of hydrogen-bond donors (Lipinski definition) is 0. The number of benzene rings is 8. The predicted octanol–water partition coefficient (Wildman–Crippen LogP) is 14.3. The lowest BCUT2D eigenvalue weighted by Gasteiger charge is -2.56. The van der Waals surface area contributed by atoms with Gasteiger partial charge in [0.05, 0.1) is 0 Å². The molecule has 0 nitrogen and oxygen atoms in total. The lowest BCUT2D eigenvalue weighted by atomic mass is 9.49. The van der Waals surface area contributed by atoms with Gasteiger partial charge in [0.15, 0.2) is 0 Å². The van der Waals surface area contributed by atoms with E-state index in [-0.39, 0.29) is 0 Å². The van der Waals surface area contributed by atoms with Crippen molar-refractivity contribution in [2.24, 2.45) is 29.6 Å². The van der Waals surface area contributed by atoms with Gasteiger partial charge in [0.25, 0.3) is 0 Å². The largest absolute Gasteiger partial charge is 0.0622 e. The summed E-state index contributed by atoms with van der Waals surface area (Å²) in [6.07, 6.45) is 7.35. The van der Waals surface area contributed by atoms with Gasteiger partial charge in [-0.05, 0) is 156 Å². The molecule has 4 fully saturated rings. The van der Waals surface area contributed by atoms with Crippen molar-refractivity contribution in [3.63, 3.8) is 0 Å². The lowest BCUT2D eigenvalue weighted by molar-refractivity contribution is -0.0424. The van der Waals surface area contributed by atoms with Crippen molar-refractivity contribution in [3.05, 3.63) is 169 Å². The second kappa shape index (κ2) is 11.5. The van der Waals surface area contributed by atoms with Crippen molar-refractivity contribution in [1.29, 1.82) is 0 Å². The molecule has 0 aliphatic heterocycles. The molecule has 1 atom stereocenters. The summed E-state index contributed by atoms with van der Waals surface area (Å²) in [4.78, 5) is 0. The molecular weight excluding hydrogens is 637 g/mol. The van der Waals surface area contributed by atoms with Gasteiger partial charge in [0.2, 0.25) is 0 Å². The Morgan fingerprint density at radius 2 is 0.830 bits per heavy atom. The van der Waals surface area contributed by atoms with Crippen LogP contribution in [-0.2, 0) is 0 Å². The monoisotopic (exact) mass is 678 g/mol. The highest BCUT2D eigenvalue weighted by Crippen LogP contribution is 2.64.